The van der Waals surface area contributed by atoms with Gasteiger partial charge in [-0.1, -0.05) is 25.2 Å². The van der Waals surface area contributed by atoms with Crippen molar-refractivity contribution in [2.75, 3.05) is 11.5 Å². The van der Waals surface area contributed by atoms with E-state index in [4.69, 9.17) is 0 Å². The lowest BCUT2D eigenvalue weighted by Crippen LogP contribution is -2.34. The summed E-state index contributed by atoms with van der Waals surface area (Å²) < 4.78 is 12.8. The van der Waals surface area contributed by atoms with Crippen molar-refractivity contribution in [2.45, 2.75) is 38.2 Å². The molecule has 96 valence electrons. The molecule has 3 atom stereocenters. The summed E-state index contributed by atoms with van der Waals surface area (Å²) in [6.45, 7) is 2.02. The van der Waals surface area contributed by atoms with Gasteiger partial charge in [-0.2, -0.15) is 0 Å². The second kappa shape index (κ2) is 5.72. The van der Waals surface area contributed by atoms with Crippen molar-refractivity contribution in [2.24, 2.45) is 5.92 Å². The summed E-state index contributed by atoms with van der Waals surface area (Å²) >= 11 is 1.69. The fraction of sp³-hybridized carbons (Fsp3) is 0.692. The molecule has 0 saturated carbocycles. The van der Waals surface area contributed by atoms with Crippen molar-refractivity contribution in [3.63, 3.8) is 0 Å². The molecule has 2 rings (SSSR count). The Hall–Kier alpha value is -0.0600. The maximum atomic E-state index is 11.8. The van der Waals surface area contributed by atoms with Gasteiger partial charge in [0.15, 0.2) is 0 Å². The lowest BCUT2D eigenvalue weighted by molar-refractivity contribution is 0.0398. The summed E-state index contributed by atoms with van der Waals surface area (Å²) in [4.78, 5) is 0. The fourth-order valence-electron chi connectivity index (χ4n) is 2.25. The van der Waals surface area contributed by atoms with Gasteiger partial charge < -0.3 is 5.11 Å². The minimum atomic E-state index is -0.832. The predicted octanol–water partition coefficient (Wildman–Crippen LogP) is 2.82. The van der Waals surface area contributed by atoms with Gasteiger partial charge in [-0.25, -0.2) is 0 Å². The molecule has 1 fully saturated rings. The summed E-state index contributed by atoms with van der Waals surface area (Å²) in [6.07, 6.45) is 9.95. The highest BCUT2D eigenvalue weighted by Crippen LogP contribution is 2.34. The zero-order valence-corrected chi connectivity index (χ0v) is 11.9. The van der Waals surface area contributed by atoms with E-state index in [-0.39, 0.29) is 5.92 Å². The zero-order chi connectivity index (χ0) is 12.3. The minimum Gasteiger partial charge on any atom is -0.385 e. The number of hydrogen-bond donors (Lipinski definition) is 1. The van der Waals surface area contributed by atoms with Gasteiger partial charge in [0.25, 0.3) is 0 Å². The van der Waals surface area contributed by atoms with Crippen LogP contribution >= 0.6 is 11.8 Å². The molecule has 1 N–H and O–H groups in total. The first kappa shape index (κ1) is 13.4. The van der Waals surface area contributed by atoms with Crippen molar-refractivity contribution >= 4 is 22.6 Å². The van der Waals surface area contributed by atoms with Crippen LogP contribution in [0.4, 0.5) is 0 Å². The smallest absolute Gasteiger partial charge is 0.0888 e. The number of hydrogen-bond acceptors (Lipinski definition) is 3. The lowest BCUT2D eigenvalue weighted by atomic mass is 9.81. The van der Waals surface area contributed by atoms with Gasteiger partial charge >= 0.3 is 0 Å². The summed E-state index contributed by atoms with van der Waals surface area (Å²) in [5, 5.41) is 10.5. The maximum Gasteiger partial charge on any atom is 0.0888 e. The Morgan fingerprint density at radius 2 is 2.41 bits per heavy atom. The molecule has 2 nitrogen and oxygen atoms in total. The molecule has 0 amide bonds. The highest BCUT2D eigenvalue weighted by molar-refractivity contribution is 8.17. The Balaban J connectivity index is 2.11. The van der Waals surface area contributed by atoms with E-state index in [2.05, 4.69) is 6.08 Å². The van der Waals surface area contributed by atoms with E-state index in [1.807, 2.05) is 19.1 Å². The minimum absolute atomic E-state index is 0.0450. The van der Waals surface area contributed by atoms with Gasteiger partial charge in [0.2, 0.25) is 0 Å². The summed E-state index contributed by atoms with van der Waals surface area (Å²) in [7, 11) is -0.832. The topological polar surface area (TPSA) is 37.3 Å². The van der Waals surface area contributed by atoms with Gasteiger partial charge in [0.05, 0.1) is 20.6 Å². The van der Waals surface area contributed by atoms with Crippen LogP contribution in [-0.2, 0) is 10.8 Å². The molecule has 0 bridgehead atoms. The van der Waals surface area contributed by atoms with Crippen LogP contribution in [0.15, 0.2) is 22.5 Å². The van der Waals surface area contributed by atoms with Gasteiger partial charge in [-0.3, -0.25) is 4.21 Å². The highest BCUT2D eigenvalue weighted by Gasteiger charge is 2.31. The molecule has 1 saturated heterocycles. The van der Waals surface area contributed by atoms with E-state index in [9.17, 15) is 9.32 Å². The van der Waals surface area contributed by atoms with Crippen molar-refractivity contribution in [3.8, 4) is 0 Å². The van der Waals surface area contributed by atoms with Gasteiger partial charge in [-0.05, 0) is 31.4 Å². The fourth-order valence-corrected chi connectivity index (χ4v) is 5.22. The highest BCUT2D eigenvalue weighted by atomic mass is 32.2. The molecule has 17 heavy (non-hydrogen) atoms. The van der Waals surface area contributed by atoms with Crippen molar-refractivity contribution in [1.29, 1.82) is 0 Å². The molecule has 0 aromatic heterocycles. The summed E-state index contributed by atoms with van der Waals surface area (Å²) in [5.41, 5.74) is -0.729. The van der Waals surface area contributed by atoms with Crippen LogP contribution in [0.3, 0.4) is 0 Å². The predicted molar refractivity (Wildman–Crippen MR) is 75.3 cm³/mol. The van der Waals surface area contributed by atoms with Gasteiger partial charge in [-0.15, -0.1) is 11.8 Å². The number of allylic oxidation sites excluding steroid dienone is 1. The average Bonchev–Trinajstić information content (AvgIpc) is 2.33. The first-order valence-corrected chi connectivity index (χ1v) is 8.55. The second-order valence-corrected chi connectivity index (χ2v) is 7.75. The molecular formula is C13H20O2S2. The van der Waals surface area contributed by atoms with E-state index in [0.29, 0.717) is 0 Å². The largest absolute Gasteiger partial charge is 0.385 e. The molecular weight excluding hydrogens is 252 g/mol. The van der Waals surface area contributed by atoms with Crippen molar-refractivity contribution in [1.82, 2.24) is 0 Å². The number of aliphatic hydroxyl groups is 1. The molecule has 1 heterocycles. The lowest BCUT2D eigenvalue weighted by Gasteiger charge is -2.32. The zero-order valence-electron chi connectivity index (χ0n) is 10.2. The Labute approximate surface area is 110 Å². The standard InChI is InChI=1S/C13H20O2S2/c1-11(13(14)6-3-2-4-7-13)10-12-16-8-5-9-17(12)15/h3,6,10-11,14H,2,4-5,7-9H2,1H3/b12-10+. The van der Waals surface area contributed by atoms with Crippen LogP contribution in [0, 0.1) is 5.92 Å². The van der Waals surface area contributed by atoms with Crippen molar-refractivity contribution < 1.29 is 9.32 Å². The van der Waals surface area contributed by atoms with Crippen LogP contribution in [0.2, 0.25) is 0 Å². The molecule has 0 radical (unpaired) electrons. The van der Waals surface area contributed by atoms with E-state index >= 15 is 0 Å². The number of thioether (sulfide) groups is 1. The van der Waals surface area contributed by atoms with Crippen LogP contribution in [0.25, 0.3) is 0 Å². The Morgan fingerprint density at radius 3 is 3.06 bits per heavy atom. The normalized spacial score (nSPS) is 38.2. The molecule has 4 heteroatoms. The molecule has 2 aliphatic rings. The molecule has 0 aromatic rings. The molecule has 3 unspecified atom stereocenters. The van der Waals surface area contributed by atoms with E-state index in [0.717, 1.165) is 41.4 Å². The average molecular weight is 272 g/mol. The molecule has 1 aliphatic heterocycles. The maximum absolute atomic E-state index is 11.8. The Kier molecular flexibility index (Phi) is 4.50. The quantitative estimate of drug-likeness (QED) is 0.785. The molecule has 0 aromatic carbocycles. The van der Waals surface area contributed by atoms with Gasteiger partial charge in [0.1, 0.15) is 0 Å². The first-order chi connectivity index (χ1) is 8.12. The molecule has 0 spiro atoms. The van der Waals surface area contributed by atoms with Crippen LogP contribution < -0.4 is 0 Å². The van der Waals surface area contributed by atoms with E-state index in [1.165, 1.54) is 0 Å². The van der Waals surface area contributed by atoms with Crippen molar-refractivity contribution in [3.05, 3.63) is 22.5 Å². The second-order valence-electron chi connectivity index (χ2n) is 4.81. The first-order valence-electron chi connectivity index (χ1n) is 6.25. The molecule has 1 aliphatic carbocycles. The van der Waals surface area contributed by atoms with E-state index in [1.54, 1.807) is 11.8 Å². The van der Waals surface area contributed by atoms with E-state index < -0.39 is 16.4 Å². The SMILES string of the molecule is CC(/C=C1\SCCCS1=O)C1(O)C=CCCC1. The third-order valence-electron chi connectivity index (χ3n) is 3.47. The van der Waals surface area contributed by atoms with Crippen LogP contribution in [-0.4, -0.2) is 26.4 Å². The van der Waals surface area contributed by atoms with Crippen LogP contribution in [0.5, 0.6) is 0 Å². The van der Waals surface area contributed by atoms with Crippen LogP contribution in [0.1, 0.15) is 32.6 Å². The summed E-state index contributed by atoms with van der Waals surface area (Å²) in [6, 6.07) is 0. The monoisotopic (exact) mass is 272 g/mol. The number of rotatable bonds is 2. The third-order valence-corrected chi connectivity index (χ3v) is 6.54. The summed E-state index contributed by atoms with van der Waals surface area (Å²) in [5.74, 6) is 1.88. The van der Waals surface area contributed by atoms with Gasteiger partial charge in [0, 0.05) is 11.7 Å². The third kappa shape index (κ3) is 3.24. The Bertz CT molecular complexity index is 362. The Morgan fingerprint density at radius 1 is 1.59 bits per heavy atom.